The molecule has 0 bridgehead atoms. The Balaban J connectivity index is 2.25. The van der Waals surface area contributed by atoms with E-state index in [1.165, 1.54) is 0 Å². The summed E-state index contributed by atoms with van der Waals surface area (Å²) in [5.41, 5.74) is 0.782. The number of methoxy groups -OCH3 is 1. The molecule has 0 radical (unpaired) electrons. The summed E-state index contributed by atoms with van der Waals surface area (Å²) in [6.45, 7) is 0. The van der Waals surface area contributed by atoms with Crippen LogP contribution in [0.5, 0.6) is 5.75 Å². The maximum Gasteiger partial charge on any atom is 0.169 e. The van der Waals surface area contributed by atoms with E-state index < -0.39 is 0 Å². The summed E-state index contributed by atoms with van der Waals surface area (Å²) in [6.07, 6.45) is 1.42. The van der Waals surface area contributed by atoms with Gasteiger partial charge in [0, 0.05) is 19.3 Å². The molecule has 4 nitrogen and oxygen atoms in total. The number of aliphatic hydroxyl groups excluding tert-OH is 1. The molecule has 0 spiro atoms. The van der Waals surface area contributed by atoms with Crippen LogP contribution >= 0.6 is 0 Å². The first-order valence-electron chi connectivity index (χ1n) is 6.23. The van der Waals surface area contributed by atoms with Crippen molar-refractivity contribution in [2.75, 3.05) is 7.11 Å². The van der Waals surface area contributed by atoms with Crippen LogP contribution in [-0.2, 0) is 16.0 Å². The number of benzene rings is 1. The smallest absolute Gasteiger partial charge is 0.169 e. The molecule has 4 heteroatoms. The highest BCUT2D eigenvalue weighted by molar-refractivity contribution is 6.22. The van der Waals surface area contributed by atoms with Crippen LogP contribution in [0.15, 0.2) is 35.6 Å². The first kappa shape index (κ1) is 13.3. The van der Waals surface area contributed by atoms with Crippen molar-refractivity contribution < 1.29 is 19.4 Å². The van der Waals surface area contributed by atoms with Crippen LogP contribution in [0, 0.1) is 0 Å². The first-order chi connectivity index (χ1) is 9.11. The van der Waals surface area contributed by atoms with E-state index in [4.69, 9.17) is 4.74 Å². The molecule has 0 unspecified atom stereocenters. The monoisotopic (exact) mass is 260 g/mol. The van der Waals surface area contributed by atoms with Crippen LogP contribution < -0.4 is 4.74 Å². The lowest BCUT2D eigenvalue weighted by molar-refractivity contribution is -0.124. The molecule has 1 fully saturated rings. The SMILES string of the molecule is COc1cccc(CC(O)=C2C(=O)CCCC2=O)c1. The Kier molecular flexibility index (Phi) is 4.00. The normalized spacial score (nSPS) is 15.5. The Morgan fingerprint density at radius 2 is 1.95 bits per heavy atom. The molecule has 1 aromatic carbocycles. The minimum Gasteiger partial charge on any atom is -0.511 e. The number of ketones is 2. The van der Waals surface area contributed by atoms with Gasteiger partial charge in [0.15, 0.2) is 11.6 Å². The number of ether oxygens (including phenoxy) is 1. The van der Waals surface area contributed by atoms with Crippen LogP contribution in [-0.4, -0.2) is 23.8 Å². The molecule has 2 rings (SSSR count). The summed E-state index contributed by atoms with van der Waals surface area (Å²) >= 11 is 0. The van der Waals surface area contributed by atoms with Gasteiger partial charge in [-0.05, 0) is 24.1 Å². The zero-order chi connectivity index (χ0) is 13.8. The lowest BCUT2D eigenvalue weighted by Gasteiger charge is -2.14. The molecule has 1 saturated carbocycles. The molecule has 1 aliphatic carbocycles. The molecule has 100 valence electrons. The second kappa shape index (κ2) is 5.69. The van der Waals surface area contributed by atoms with Crippen LogP contribution in [0.25, 0.3) is 0 Å². The lowest BCUT2D eigenvalue weighted by atomic mass is 9.90. The van der Waals surface area contributed by atoms with Gasteiger partial charge in [0.25, 0.3) is 0 Å². The van der Waals surface area contributed by atoms with Gasteiger partial charge in [-0.3, -0.25) is 9.59 Å². The molecule has 0 heterocycles. The first-order valence-corrected chi connectivity index (χ1v) is 6.23. The maximum absolute atomic E-state index is 11.7. The molecule has 0 saturated heterocycles. The third-order valence-corrected chi connectivity index (χ3v) is 3.16. The number of rotatable bonds is 3. The number of hydrogen-bond acceptors (Lipinski definition) is 4. The standard InChI is InChI=1S/C15H16O4/c1-19-11-5-2-4-10(8-11)9-14(18)15-12(16)6-3-7-13(15)17/h2,4-5,8,18H,3,6-7,9H2,1H3. The van der Waals surface area contributed by atoms with Gasteiger partial charge in [-0.1, -0.05) is 12.1 Å². The van der Waals surface area contributed by atoms with Crippen LogP contribution in [0.4, 0.5) is 0 Å². The van der Waals surface area contributed by atoms with Gasteiger partial charge >= 0.3 is 0 Å². The van der Waals surface area contributed by atoms with E-state index in [-0.39, 0.29) is 29.3 Å². The van der Waals surface area contributed by atoms with E-state index in [9.17, 15) is 14.7 Å². The predicted octanol–water partition coefficient (Wildman–Crippen LogP) is 2.37. The van der Waals surface area contributed by atoms with Crippen LogP contribution in [0.3, 0.4) is 0 Å². The molecule has 0 amide bonds. The molecule has 0 atom stereocenters. The molecule has 1 aromatic rings. The fourth-order valence-electron chi connectivity index (χ4n) is 2.20. The second-order valence-electron chi connectivity index (χ2n) is 4.55. The Morgan fingerprint density at radius 1 is 1.26 bits per heavy atom. The number of carbonyl (C=O) groups excluding carboxylic acids is 2. The van der Waals surface area contributed by atoms with Gasteiger partial charge in [0.2, 0.25) is 0 Å². The minimum atomic E-state index is -0.253. The third-order valence-electron chi connectivity index (χ3n) is 3.16. The number of allylic oxidation sites excluding steroid dienone is 2. The molecule has 19 heavy (non-hydrogen) atoms. The summed E-state index contributed by atoms with van der Waals surface area (Å²) in [5.74, 6) is 0.0350. The van der Waals surface area contributed by atoms with Gasteiger partial charge in [-0.2, -0.15) is 0 Å². The maximum atomic E-state index is 11.7. The van der Waals surface area contributed by atoms with Gasteiger partial charge in [-0.25, -0.2) is 0 Å². The summed E-state index contributed by atoms with van der Waals surface area (Å²) in [5, 5.41) is 10.0. The van der Waals surface area contributed by atoms with E-state index in [0.717, 1.165) is 5.56 Å². The Bertz CT molecular complexity index is 525. The third kappa shape index (κ3) is 3.02. The summed E-state index contributed by atoms with van der Waals surface area (Å²) in [7, 11) is 1.56. The van der Waals surface area contributed by atoms with Gasteiger partial charge in [0.05, 0.1) is 12.7 Å². The minimum absolute atomic E-state index is 0.0194. The van der Waals surface area contributed by atoms with Crippen molar-refractivity contribution in [3.05, 3.63) is 41.2 Å². The number of Topliss-reactive ketones (excluding diaryl/α,β-unsaturated/α-hetero) is 2. The van der Waals surface area contributed by atoms with Crippen molar-refractivity contribution in [2.45, 2.75) is 25.7 Å². The van der Waals surface area contributed by atoms with Crippen molar-refractivity contribution in [3.8, 4) is 5.75 Å². The second-order valence-corrected chi connectivity index (χ2v) is 4.55. The molecule has 1 N–H and O–H groups in total. The highest BCUT2D eigenvalue weighted by Gasteiger charge is 2.26. The predicted molar refractivity (Wildman–Crippen MR) is 70.2 cm³/mol. The zero-order valence-electron chi connectivity index (χ0n) is 10.8. The van der Waals surface area contributed by atoms with Crippen molar-refractivity contribution >= 4 is 11.6 Å². The Labute approximate surface area is 111 Å². The largest absolute Gasteiger partial charge is 0.511 e. The van der Waals surface area contributed by atoms with E-state index in [2.05, 4.69) is 0 Å². The van der Waals surface area contributed by atoms with Crippen molar-refractivity contribution in [2.24, 2.45) is 0 Å². The number of aliphatic hydroxyl groups is 1. The number of hydrogen-bond donors (Lipinski definition) is 1. The fraction of sp³-hybridized carbons (Fsp3) is 0.333. The topological polar surface area (TPSA) is 63.6 Å². The van der Waals surface area contributed by atoms with Crippen LogP contribution in [0.1, 0.15) is 24.8 Å². The molecule has 0 aliphatic heterocycles. The molecule has 0 aromatic heterocycles. The van der Waals surface area contributed by atoms with Gasteiger partial charge in [-0.15, -0.1) is 0 Å². The summed E-state index contributed by atoms with van der Waals surface area (Å²) in [6, 6.07) is 7.19. The quantitative estimate of drug-likeness (QED) is 0.515. The van der Waals surface area contributed by atoms with E-state index in [0.29, 0.717) is 25.0 Å². The Morgan fingerprint density at radius 3 is 2.58 bits per heavy atom. The average Bonchev–Trinajstić information content (AvgIpc) is 2.38. The zero-order valence-corrected chi connectivity index (χ0v) is 10.8. The van der Waals surface area contributed by atoms with Gasteiger partial charge in [0.1, 0.15) is 11.5 Å². The van der Waals surface area contributed by atoms with Crippen molar-refractivity contribution in [3.63, 3.8) is 0 Å². The van der Waals surface area contributed by atoms with Gasteiger partial charge < -0.3 is 9.84 Å². The van der Waals surface area contributed by atoms with E-state index in [1.54, 1.807) is 25.3 Å². The fourth-order valence-corrected chi connectivity index (χ4v) is 2.20. The van der Waals surface area contributed by atoms with E-state index in [1.807, 2.05) is 6.07 Å². The Hall–Kier alpha value is -2.10. The van der Waals surface area contributed by atoms with E-state index >= 15 is 0 Å². The lowest BCUT2D eigenvalue weighted by Crippen LogP contribution is -2.21. The number of carbonyl (C=O) groups is 2. The molecule has 1 aliphatic rings. The van der Waals surface area contributed by atoms with Crippen molar-refractivity contribution in [1.29, 1.82) is 0 Å². The average molecular weight is 260 g/mol. The summed E-state index contributed by atoms with van der Waals surface area (Å²) in [4.78, 5) is 23.4. The highest BCUT2D eigenvalue weighted by Crippen LogP contribution is 2.22. The highest BCUT2D eigenvalue weighted by atomic mass is 16.5. The molecular formula is C15H16O4. The molecular weight excluding hydrogens is 244 g/mol. The summed E-state index contributed by atoms with van der Waals surface area (Å²) < 4.78 is 5.09. The van der Waals surface area contributed by atoms with Crippen LogP contribution in [0.2, 0.25) is 0 Å². The van der Waals surface area contributed by atoms with Crippen molar-refractivity contribution in [1.82, 2.24) is 0 Å².